The normalized spacial score (nSPS) is 11.5. The predicted octanol–water partition coefficient (Wildman–Crippen LogP) is 3.87. The summed E-state index contributed by atoms with van der Waals surface area (Å²) in [5.41, 5.74) is 4.32. The quantitative estimate of drug-likeness (QED) is 0.437. The molecule has 7 nitrogen and oxygen atoms in total. The van der Waals surface area contributed by atoms with E-state index in [-0.39, 0.29) is 5.91 Å². The van der Waals surface area contributed by atoms with Crippen molar-refractivity contribution in [1.82, 2.24) is 20.1 Å². The molecule has 33 heavy (non-hydrogen) atoms. The van der Waals surface area contributed by atoms with Gasteiger partial charge in [-0.05, 0) is 47.9 Å². The van der Waals surface area contributed by atoms with Gasteiger partial charge in [0.15, 0.2) is 0 Å². The fraction of sp³-hybridized carbons (Fsp3) is 0.154. The van der Waals surface area contributed by atoms with Crippen LogP contribution in [-0.4, -0.2) is 27.2 Å². The van der Waals surface area contributed by atoms with Crippen LogP contribution >= 0.6 is 0 Å². The number of carbonyl (C=O) groups excluding carboxylic acids is 1. The zero-order valence-electron chi connectivity index (χ0n) is 18.3. The molecule has 4 rings (SSSR count). The van der Waals surface area contributed by atoms with E-state index in [0.29, 0.717) is 17.9 Å². The van der Waals surface area contributed by atoms with Gasteiger partial charge in [-0.15, -0.1) is 0 Å². The lowest BCUT2D eigenvalue weighted by Crippen LogP contribution is -2.34. The number of rotatable bonds is 8. The van der Waals surface area contributed by atoms with Crippen molar-refractivity contribution in [2.75, 3.05) is 11.9 Å². The highest BCUT2D eigenvalue weighted by atomic mass is 16.2. The van der Waals surface area contributed by atoms with E-state index in [1.54, 1.807) is 29.1 Å². The molecule has 1 amide bonds. The number of aryl methyl sites for hydroxylation is 1. The molecule has 0 fully saturated rings. The minimum absolute atomic E-state index is 0.181. The van der Waals surface area contributed by atoms with E-state index in [2.05, 4.69) is 26.8 Å². The standard InChI is InChI=1S/C26H24N6O/c1-32-16-14-23(31-32)22-11-12-24(29-18-22)30-26(33)25(21-5-3-2-4-6-21)28-15-13-19-7-9-20(17-27)10-8-19/h2-12,14,16,18,25,28H,13,15H2,1H3,(H,29,30,33)/t25-/m0/s1. The lowest BCUT2D eigenvalue weighted by molar-refractivity contribution is -0.118. The molecule has 0 spiro atoms. The van der Waals surface area contributed by atoms with Crippen molar-refractivity contribution in [3.63, 3.8) is 0 Å². The van der Waals surface area contributed by atoms with Gasteiger partial charge in [0.05, 0.1) is 17.3 Å². The first-order valence-electron chi connectivity index (χ1n) is 10.7. The molecule has 0 saturated carbocycles. The number of nitrogens with one attached hydrogen (secondary N) is 2. The highest BCUT2D eigenvalue weighted by molar-refractivity contribution is 5.94. The second kappa shape index (κ2) is 10.4. The summed E-state index contributed by atoms with van der Waals surface area (Å²) in [6.07, 6.45) is 4.31. The lowest BCUT2D eigenvalue weighted by atomic mass is 10.1. The smallest absolute Gasteiger partial charge is 0.247 e. The molecule has 2 N–H and O–H groups in total. The Morgan fingerprint density at radius 1 is 1.06 bits per heavy atom. The topological polar surface area (TPSA) is 95.6 Å². The van der Waals surface area contributed by atoms with Crippen LogP contribution in [0.15, 0.2) is 85.2 Å². The SMILES string of the molecule is Cn1ccc(-c2ccc(NC(=O)[C@@H](NCCc3ccc(C#N)cc3)c3ccccc3)nc2)n1. The number of hydrogen-bond donors (Lipinski definition) is 2. The second-order valence-electron chi connectivity index (χ2n) is 7.65. The third kappa shape index (κ3) is 5.70. The maximum Gasteiger partial charge on any atom is 0.247 e. The predicted molar refractivity (Wildman–Crippen MR) is 127 cm³/mol. The third-order valence-electron chi connectivity index (χ3n) is 5.26. The van der Waals surface area contributed by atoms with E-state index in [1.165, 1.54) is 0 Å². The van der Waals surface area contributed by atoms with Gasteiger partial charge in [-0.1, -0.05) is 42.5 Å². The van der Waals surface area contributed by atoms with Gasteiger partial charge < -0.3 is 10.6 Å². The summed E-state index contributed by atoms with van der Waals surface area (Å²) in [6.45, 7) is 0.602. The van der Waals surface area contributed by atoms with Crippen molar-refractivity contribution in [2.24, 2.45) is 7.05 Å². The zero-order chi connectivity index (χ0) is 23.0. The molecule has 0 unspecified atom stereocenters. The molecule has 7 heteroatoms. The molecule has 2 heterocycles. The summed E-state index contributed by atoms with van der Waals surface area (Å²) in [5.74, 6) is 0.300. The fourth-order valence-corrected chi connectivity index (χ4v) is 3.50. The van der Waals surface area contributed by atoms with Crippen LogP contribution in [-0.2, 0) is 18.3 Å². The lowest BCUT2D eigenvalue weighted by Gasteiger charge is -2.19. The van der Waals surface area contributed by atoms with E-state index in [0.717, 1.165) is 28.8 Å². The monoisotopic (exact) mass is 436 g/mol. The minimum atomic E-state index is -0.526. The number of pyridine rings is 1. The number of anilines is 1. The number of benzene rings is 2. The van der Waals surface area contributed by atoms with Crippen molar-refractivity contribution in [1.29, 1.82) is 5.26 Å². The van der Waals surface area contributed by atoms with Gasteiger partial charge in [0.1, 0.15) is 11.9 Å². The van der Waals surface area contributed by atoms with Crippen LogP contribution in [0.3, 0.4) is 0 Å². The molecule has 2 aromatic heterocycles. The van der Waals surface area contributed by atoms with E-state index in [1.807, 2.05) is 67.8 Å². The molecule has 0 aliphatic carbocycles. The van der Waals surface area contributed by atoms with Gasteiger partial charge >= 0.3 is 0 Å². The summed E-state index contributed by atoms with van der Waals surface area (Å²) in [4.78, 5) is 17.5. The van der Waals surface area contributed by atoms with Crippen LogP contribution in [0.2, 0.25) is 0 Å². The Kier molecular flexibility index (Phi) is 6.88. The van der Waals surface area contributed by atoms with Crippen LogP contribution in [0.25, 0.3) is 11.3 Å². The summed E-state index contributed by atoms with van der Waals surface area (Å²) in [7, 11) is 1.86. The molecule has 0 radical (unpaired) electrons. The van der Waals surface area contributed by atoms with Gasteiger partial charge in [-0.2, -0.15) is 10.4 Å². The number of carbonyl (C=O) groups is 1. The number of hydrogen-bond acceptors (Lipinski definition) is 5. The Morgan fingerprint density at radius 2 is 1.85 bits per heavy atom. The molecular formula is C26H24N6O. The van der Waals surface area contributed by atoms with Gasteiger partial charge in [0.25, 0.3) is 0 Å². The van der Waals surface area contributed by atoms with E-state index >= 15 is 0 Å². The van der Waals surface area contributed by atoms with Gasteiger partial charge in [0, 0.05) is 31.5 Å². The third-order valence-corrected chi connectivity index (χ3v) is 5.26. The minimum Gasteiger partial charge on any atom is -0.309 e. The number of amides is 1. The van der Waals surface area contributed by atoms with Crippen molar-refractivity contribution >= 4 is 11.7 Å². The Hall–Kier alpha value is -4.28. The van der Waals surface area contributed by atoms with Crippen molar-refractivity contribution in [2.45, 2.75) is 12.5 Å². The molecule has 0 aliphatic heterocycles. The summed E-state index contributed by atoms with van der Waals surface area (Å²) < 4.78 is 1.74. The Morgan fingerprint density at radius 3 is 2.48 bits per heavy atom. The molecular weight excluding hydrogens is 412 g/mol. The maximum atomic E-state index is 13.1. The van der Waals surface area contributed by atoms with Crippen LogP contribution in [0.5, 0.6) is 0 Å². The molecule has 1 atom stereocenters. The number of nitrogens with zero attached hydrogens (tertiary/aromatic N) is 4. The van der Waals surface area contributed by atoms with Crippen molar-refractivity contribution in [3.8, 4) is 17.3 Å². The number of aromatic nitrogens is 3. The van der Waals surface area contributed by atoms with Crippen LogP contribution in [0.4, 0.5) is 5.82 Å². The van der Waals surface area contributed by atoms with Crippen molar-refractivity contribution < 1.29 is 4.79 Å². The largest absolute Gasteiger partial charge is 0.309 e. The molecule has 0 saturated heterocycles. The Balaban J connectivity index is 1.42. The average molecular weight is 437 g/mol. The first-order valence-corrected chi connectivity index (χ1v) is 10.7. The highest BCUT2D eigenvalue weighted by Gasteiger charge is 2.20. The fourth-order valence-electron chi connectivity index (χ4n) is 3.50. The molecule has 0 bridgehead atoms. The average Bonchev–Trinajstić information content (AvgIpc) is 3.29. The van der Waals surface area contributed by atoms with Crippen LogP contribution in [0, 0.1) is 11.3 Å². The summed E-state index contributed by atoms with van der Waals surface area (Å²) >= 11 is 0. The molecule has 0 aliphatic rings. The summed E-state index contributed by atoms with van der Waals surface area (Å²) in [5, 5.41) is 19.6. The van der Waals surface area contributed by atoms with E-state index < -0.39 is 6.04 Å². The van der Waals surface area contributed by atoms with Crippen molar-refractivity contribution in [3.05, 3.63) is 102 Å². The summed E-state index contributed by atoms with van der Waals surface area (Å²) in [6, 6.07) is 24.3. The van der Waals surface area contributed by atoms with Gasteiger partial charge in [-0.25, -0.2) is 4.98 Å². The molecule has 164 valence electrons. The molecule has 2 aromatic carbocycles. The first-order chi connectivity index (χ1) is 16.1. The first kappa shape index (κ1) is 21.9. The van der Waals surface area contributed by atoms with E-state index in [4.69, 9.17) is 5.26 Å². The number of nitriles is 1. The maximum absolute atomic E-state index is 13.1. The van der Waals surface area contributed by atoms with Gasteiger partial charge in [-0.3, -0.25) is 9.48 Å². The van der Waals surface area contributed by atoms with Crippen LogP contribution in [0.1, 0.15) is 22.7 Å². The highest BCUT2D eigenvalue weighted by Crippen LogP contribution is 2.19. The van der Waals surface area contributed by atoms with E-state index in [9.17, 15) is 4.79 Å². The van der Waals surface area contributed by atoms with Crippen LogP contribution < -0.4 is 10.6 Å². The van der Waals surface area contributed by atoms with Gasteiger partial charge in [0.2, 0.25) is 5.91 Å². The Labute approximate surface area is 192 Å². The second-order valence-corrected chi connectivity index (χ2v) is 7.65. The Bertz CT molecular complexity index is 1240. The zero-order valence-corrected chi connectivity index (χ0v) is 18.3. The molecule has 4 aromatic rings.